The third-order valence-corrected chi connectivity index (χ3v) is 4.06. The minimum Gasteiger partial charge on any atom is -0.399 e. The van der Waals surface area contributed by atoms with Crippen LogP contribution in [0.3, 0.4) is 0 Å². The lowest BCUT2D eigenvalue weighted by Gasteiger charge is -2.30. The fourth-order valence-electron chi connectivity index (χ4n) is 2.86. The van der Waals surface area contributed by atoms with E-state index in [0.29, 0.717) is 12.5 Å². The first-order chi connectivity index (χ1) is 9.79. The van der Waals surface area contributed by atoms with Gasteiger partial charge in [0.05, 0.1) is 6.54 Å². The Morgan fingerprint density at radius 1 is 1.35 bits per heavy atom. The van der Waals surface area contributed by atoms with E-state index >= 15 is 0 Å². The number of anilines is 2. The van der Waals surface area contributed by atoms with Gasteiger partial charge < -0.3 is 15.2 Å². The van der Waals surface area contributed by atoms with E-state index < -0.39 is 0 Å². The van der Waals surface area contributed by atoms with Gasteiger partial charge in [-0.3, -0.25) is 0 Å². The van der Waals surface area contributed by atoms with Crippen LogP contribution in [0.1, 0.15) is 42.5 Å². The fraction of sp³-hybridized carbons (Fsp3) is 0.467. The summed E-state index contributed by atoms with van der Waals surface area (Å²) in [5.41, 5.74) is 9.27. The van der Waals surface area contributed by atoms with E-state index in [1.165, 1.54) is 24.1 Å². The number of aryl methyl sites for hydroxylation is 1. The number of nitrogens with zero attached hydrogens (tertiary/aromatic N) is 3. The largest absolute Gasteiger partial charge is 0.399 e. The maximum absolute atomic E-state index is 5.87. The van der Waals surface area contributed by atoms with Crippen LogP contribution in [0.25, 0.3) is 0 Å². The molecule has 1 aliphatic heterocycles. The normalized spacial score (nSPS) is 18.1. The Morgan fingerprint density at radius 3 is 3.10 bits per heavy atom. The van der Waals surface area contributed by atoms with E-state index in [1.54, 1.807) is 0 Å². The SMILES string of the molecule is Nc1ccc2c(c1)CCCN2Cc1noc(C2CC2)n1. The Morgan fingerprint density at radius 2 is 2.25 bits per heavy atom. The third kappa shape index (κ3) is 2.13. The second-order valence-corrected chi connectivity index (χ2v) is 5.74. The lowest BCUT2D eigenvalue weighted by atomic mass is 10.0. The van der Waals surface area contributed by atoms with Crippen LogP contribution >= 0.6 is 0 Å². The zero-order valence-corrected chi connectivity index (χ0v) is 11.4. The molecule has 104 valence electrons. The van der Waals surface area contributed by atoms with Gasteiger partial charge in [0, 0.05) is 23.8 Å². The standard InChI is InChI=1S/C15H18N4O/c16-12-5-6-13-11(8-12)2-1-7-19(13)9-14-17-15(20-18-14)10-3-4-10/h5-6,8,10H,1-4,7,9,16H2. The molecule has 1 aromatic heterocycles. The molecule has 0 saturated heterocycles. The molecule has 1 aromatic carbocycles. The highest BCUT2D eigenvalue weighted by molar-refractivity contribution is 5.61. The summed E-state index contributed by atoms with van der Waals surface area (Å²) in [6.07, 6.45) is 4.61. The molecule has 2 aromatic rings. The number of benzene rings is 1. The van der Waals surface area contributed by atoms with Crippen LogP contribution < -0.4 is 10.6 Å². The highest BCUT2D eigenvalue weighted by Gasteiger charge is 2.30. The first-order valence-electron chi connectivity index (χ1n) is 7.25. The van der Waals surface area contributed by atoms with Gasteiger partial charge in [-0.05, 0) is 49.4 Å². The van der Waals surface area contributed by atoms with Gasteiger partial charge in [-0.25, -0.2) is 0 Å². The lowest BCUT2D eigenvalue weighted by Crippen LogP contribution is -2.29. The average molecular weight is 270 g/mol. The number of hydrogen-bond acceptors (Lipinski definition) is 5. The van der Waals surface area contributed by atoms with Crippen LogP contribution in [0.4, 0.5) is 11.4 Å². The van der Waals surface area contributed by atoms with E-state index in [1.807, 2.05) is 6.07 Å². The van der Waals surface area contributed by atoms with E-state index in [-0.39, 0.29) is 0 Å². The maximum Gasteiger partial charge on any atom is 0.229 e. The Labute approximate surface area is 117 Å². The van der Waals surface area contributed by atoms with Crippen molar-refractivity contribution in [1.82, 2.24) is 10.1 Å². The molecule has 0 amide bonds. The smallest absolute Gasteiger partial charge is 0.229 e. The molecule has 5 nitrogen and oxygen atoms in total. The molecule has 5 heteroatoms. The van der Waals surface area contributed by atoms with Gasteiger partial charge in [-0.2, -0.15) is 4.98 Å². The van der Waals surface area contributed by atoms with Crippen molar-refractivity contribution in [2.24, 2.45) is 0 Å². The molecule has 0 atom stereocenters. The zero-order valence-electron chi connectivity index (χ0n) is 11.4. The van der Waals surface area contributed by atoms with Crippen molar-refractivity contribution in [1.29, 1.82) is 0 Å². The van der Waals surface area contributed by atoms with Gasteiger partial charge in [0.1, 0.15) is 0 Å². The summed E-state index contributed by atoms with van der Waals surface area (Å²) < 4.78 is 5.33. The minimum absolute atomic E-state index is 0.518. The molecule has 1 fully saturated rings. The predicted molar refractivity (Wildman–Crippen MR) is 76.5 cm³/mol. The van der Waals surface area contributed by atoms with Gasteiger partial charge in [-0.1, -0.05) is 5.16 Å². The average Bonchev–Trinajstić information content (AvgIpc) is 3.19. The van der Waals surface area contributed by atoms with Gasteiger partial charge in [0.15, 0.2) is 5.82 Å². The quantitative estimate of drug-likeness (QED) is 0.868. The van der Waals surface area contributed by atoms with Crippen molar-refractivity contribution < 1.29 is 4.52 Å². The second-order valence-electron chi connectivity index (χ2n) is 5.74. The molecular weight excluding hydrogens is 252 g/mol. The first-order valence-corrected chi connectivity index (χ1v) is 7.25. The topological polar surface area (TPSA) is 68.2 Å². The fourth-order valence-corrected chi connectivity index (χ4v) is 2.86. The van der Waals surface area contributed by atoms with Crippen LogP contribution in [-0.4, -0.2) is 16.7 Å². The van der Waals surface area contributed by atoms with Crippen molar-refractivity contribution in [3.05, 3.63) is 35.5 Å². The predicted octanol–water partition coefficient (Wildman–Crippen LogP) is 2.48. The number of nitrogen functional groups attached to an aromatic ring is 1. The lowest BCUT2D eigenvalue weighted by molar-refractivity contribution is 0.373. The Kier molecular flexibility index (Phi) is 2.65. The van der Waals surface area contributed by atoms with Crippen LogP contribution in [-0.2, 0) is 13.0 Å². The van der Waals surface area contributed by atoms with Gasteiger partial charge in [0.2, 0.25) is 5.89 Å². The van der Waals surface area contributed by atoms with E-state index in [9.17, 15) is 0 Å². The van der Waals surface area contributed by atoms with Gasteiger partial charge in [-0.15, -0.1) is 0 Å². The van der Waals surface area contributed by atoms with Crippen molar-refractivity contribution in [3.8, 4) is 0 Å². The molecule has 0 bridgehead atoms. The van der Waals surface area contributed by atoms with Crippen LogP contribution in [0.5, 0.6) is 0 Å². The minimum atomic E-state index is 0.518. The number of fused-ring (bicyclic) bond motifs is 1. The van der Waals surface area contributed by atoms with E-state index in [0.717, 1.165) is 36.8 Å². The summed E-state index contributed by atoms with van der Waals surface area (Å²) in [5.74, 6) is 2.12. The molecular formula is C15H18N4O. The molecule has 0 spiro atoms. The van der Waals surface area contributed by atoms with Crippen molar-refractivity contribution in [2.45, 2.75) is 38.1 Å². The van der Waals surface area contributed by atoms with E-state index in [4.69, 9.17) is 10.3 Å². The number of aromatic nitrogens is 2. The number of nitrogens with two attached hydrogens (primary N) is 1. The van der Waals surface area contributed by atoms with Crippen LogP contribution in [0.2, 0.25) is 0 Å². The maximum atomic E-state index is 5.87. The molecule has 2 aliphatic rings. The second kappa shape index (κ2) is 4.51. The van der Waals surface area contributed by atoms with Gasteiger partial charge in [0.25, 0.3) is 0 Å². The van der Waals surface area contributed by atoms with Crippen LogP contribution in [0.15, 0.2) is 22.7 Å². The molecule has 1 saturated carbocycles. The highest BCUT2D eigenvalue weighted by atomic mass is 16.5. The Balaban J connectivity index is 1.56. The molecule has 1 aliphatic carbocycles. The zero-order chi connectivity index (χ0) is 13.5. The number of hydrogen-bond donors (Lipinski definition) is 1. The Hall–Kier alpha value is -2.04. The monoisotopic (exact) mass is 270 g/mol. The molecule has 0 unspecified atom stereocenters. The summed E-state index contributed by atoms with van der Waals surface area (Å²) in [6.45, 7) is 1.75. The molecule has 2 N–H and O–H groups in total. The first kappa shape index (κ1) is 11.8. The van der Waals surface area contributed by atoms with Crippen molar-refractivity contribution in [3.63, 3.8) is 0 Å². The summed E-state index contributed by atoms with van der Waals surface area (Å²) in [4.78, 5) is 6.83. The Bertz CT molecular complexity index is 633. The van der Waals surface area contributed by atoms with Crippen molar-refractivity contribution >= 4 is 11.4 Å². The van der Waals surface area contributed by atoms with Gasteiger partial charge >= 0.3 is 0 Å². The van der Waals surface area contributed by atoms with Crippen molar-refractivity contribution in [2.75, 3.05) is 17.2 Å². The molecule has 0 radical (unpaired) electrons. The third-order valence-electron chi connectivity index (χ3n) is 4.06. The summed E-state index contributed by atoms with van der Waals surface area (Å²) in [5, 5.41) is 4.11. The summed E-state index contributed by atoms with van der Waals surface area (Å²) >= 11 is 0. The molecule has 20 heavy (non-hydrogen) atoms. The molecule has 2 heterocycles. The van der Waals surface area contributed by atoms with Crippen LogP contribution in [0, 0.1) is 0 Å². The highest BCUT2D eigenvalue weighted by Crippen LogP contribution is 2.39. The van der Waals surface area contributed by atoms with E-state index in [2.05, 4.69) is 27.2 Å². The summed E-state index contributed by atoms with van der Waals surface area (Å²) in [7, 11) is 0. The number of rotatable bonds is 3. The summed E-state index contributed by atoms with van der Waals surface area (Å²) in [6, 6.07) is 6.14. The molecule has 4 rings (SSSR count).